The fourth-order valence-electron chi connectivity index (χ4n) is 2.29. The third kappa shape index (κ3) is 4.97. The first-order chi connectivity index (χ1) is 10.0. The highest BCUT2D eigenvalue weighted by Gasteiger charge is 2.20. The highest BCUT2D eigenvalue weighted by molar-refractivity contribution is 8.00. The second-order valence-electron chi connectivity index (χ2n) is 5.20. The van der Waals surface area contributed by atoms with Crippen LogP contribution in [-0.4, -0.2) is 28.3 Å². The quantitative estimate of drug-likeness (QED) is 0.747. The molecule has 1 aromatic carbocycles. The van der Waals surface area contributed by atoms with E-state index < -0.39 is 6.03 Å². The first-order valence-corrected chi connectivity index (χ1v) is 7.99. The second-order valence-corrected chi connectivity index (χ2v) is 6.61. The average Bonchev–Trinajstić information content (AvgIpc) is 2.94. The summed E-state index contributed by atoms with van der Waals surface area (Å²) in [7, 11) is 0. The van der Waals surface area contributed by atoms with Gasteiger partial charge in [0.25, 0.3) is 0 Å². The van der Waals surface area contributed by atoms with Crippen LogP contribution in [0.4, 0.5) is 4.79 Å². The zero-order valence-electron chi connectivity index (χ0n) is 12.0. The van der Waals surface area contributed by atoms with Gasteiger partial charge in [-0.05, 0) is 44.0 Å². The number of amides is 3. The van der Waals surface area contributed by atoms with Gasteiger partial charge in [0.2, 0.25) is 5.91 Å². The Morgan fingerprint density at radius 1 is 1.24 bits per heavy atom. The first kappa shape index (κ1) is 15.7. The minimum atomic E-state index is -0.412. The molecular formula is C15H20N2O3S. The minimum absolute atomic E-state index is 0.187. The summed E-state index contributed by atoms with van der Waals surface area (Å²) in [6, 6.07) is 6.40. The fourth-order valence-corrected chi connectivity index (χ4v) is 3.15. The van der Waals surface area contributed by atoms with Gasteiger partial charge in [-0.1, -0.05) is 12.8 Å². The average molecular weight is 308 g/mol. The van der Waals surface area contributed by atoms with Crippen molar-refractivity contribution in [3.8, 4) is 5.75 Å². The van der Waals surface area contributed by atoms with E-state index in [2.05, 4.69) is 10.6 Å². The third-order valence-corrected chi connectivity index (χ3v) is 4.56. The molecule has 1 saturated carbocycles. The Hall–Kier alpha value is -1.69. The van der Waals surface area contributed by atoms with Crippen LogP contribution in [-0.2, 0) is 4.79 Å². The van der Waals surface area contributed by atoms with E-state index in [1.165, 1.54) is 11.8 Å². The van der Waals surface area contributed by atoms with Gasteiger partial charge < -0.3 is 10.4 Å². The molecule has 6 heteroatoms. The molecule has 0 heterocycles. The molecule has 1 aliphatic carbocycles. The number of aromatic hydroxyl groups is 1. The lowest BCUT2D eigenvalue weighted by Gasteiger charge is -2.14. The number of phenolic OH excluding ortho intramolecular Hbond substituents is 1. The molecule has 0 aromatic heterocycles. The maximum Gasteiger partial charge on any atom is 0.321 e. The molecule has 1 aliphatic rings. The summed E-state index contributed by atoms with van der Waals surface area (Å²) < 4.78 is 0. The largest absolute Gasteiger partial charge is 0.508 e. The number of hydrogen-bond acceptors (Lipinski definition) is 4. The maximum absolute atomic E-state index is 12.0. The summed E-state index contributed by atoms with van der Waals surface area (Å²) in [4.78, 5) is 24.5. The standard InChI is InChI=1S/C15H20N2O3S/c1-10(21-13-8-6-12(18)7-9-13)14(19)17-15(20)16-11-4-2-3-5-11/h6-11,18H,2-5H2,1H3,(H2,16,17,19,20)/t10-/m1/s1. The number of urea groups is 1. The van der Waals surface area contributed by atoms with Crippen molar-refractivity contribution in [3.05, 3.63) is 24.3 Å². The number of phenols is 1. The van der Waals surface area contributed by atoms with E-state index in [-0.39, 0.29) is 22.9 Å². The molecule has 0 aliphatic heterocycles. The van der Waals surface area contributed by atoms with Gasteiger partial charge in [0.15, 0.2) is 0 Å². The number of benzene rings is 1. The van der Waals surface area contributed by atoms with Crippen molar-refractivity contribution in [2.75, 3.05) is 0 Å². The van der Waals surface area contributed by atoms with Crippen molar-refractivity contribution < 1.29 is 14.7 Å². The number of carbonyl (C=O) groups excluding carboxylic acids is 2. The molecule has 1 atom stereocenters. The van der Waals surface area contributed by atoms with Crippen LogP contribution in [0.2, 0.25) is 0 Å². The van der Waals surface area contributed by atoms with E-state index in [0.717, 1.165) is 30.6 Å². The van der Waals surface area contributed by atoms with Crippen molar-refractivity contribution in [1.82, 2.24) is 10.6 Å². The number of rotatable bonds is 4. The van der Waals surface area contributed by atoms with Crippen molar-refractivity contribution in [2.24, 2.45) is 0 Å². The van der Waals surface area contributed by atoms with Gasteiger partial charge in [-0.25, -0.2) is 4.79 Å². The number of hydrogen-bond donors (Lipinski definition) is 3. The van der Waals surface area contributed by atoms with Crippen LogP contribution in [0, 0.1) is 0 Å². The van der Waals surface area contributed by atoms with Crippen LogP contribution in [0.3, 0.4) is 0 Å². The number of imide groups is 1. The highest BCUT2D eigenvalue weighted by Crippen LogP contribution is 2.25. The molecule has 114 valence electrons. The Bertz CT molecular complexity index is 498. The Kier molecular flexibility index (Phi) is 5.50. The normalized spacial score (nSPS) is 16.4. The molecular weight excluding hydrogens is 288 g/mol. The van der Waals surface area contributed by atoms with Crippen molar-refractivity contribution >= 4 is 23.7 Å². The zero-order valence-corrected chi connectivity index (χ0v) is 12.8. The number of carbonyl (C=O) groups is 2. The van der Waals surface area contributed by atoms with Crippen molar-refractivity contribution in [3.63, 3.8) is 0 Å². The Labute approximate surface area is 128 Å². The highest BCUT2D eigenvalue weighted by atomic mass is 32.2. The van der Waals surface area contributed by atoms with Gasteiger partial charge in [-0.2, -0.15) is 0 Å². The molecule has 0 saturated heterocycles. The van der Waals surface area contributed by atoms with E-state index in [4.69, 9.17) is 0 Å². The van der Waals surface area contributed by atoms with Crippen LogP contribution in [0.1, 0.15) is 32.6 Å². The third-order valence-electron chi connectivity index (χ3n) is 3.45. The molecule has 3 amide bonds. The van der Waals surface area contributed by atoms with Gasteiger partial charge in [-0.3, -0.25) is 10.1 Å². The van der Waals surface area contributed by atoms with E-state index in [0.29, 0.717) is 0 Å². The van der Waals surface area contributed by atoms with Gasteiger partial charge in [0.05, 0.1) is 5.25 Å². The van der Waals surface area contributed by atoms with Gasteiger partial charge in [0.1, 0.15) is 5.75 Å². The van der Waals surface area contributed by atoms with E-state index >= 15 is 0 Å². The summed E-state index contributed by atoms with van der Waals surface area (Å²) in [5.41, 5.74) is 0. The summed E-state index contributed by atoms with van der Waals surface area (Å²) in [5.74, 6) is -0.129. The van der Waals surface area contributed by atoms with Gasteiger partial charge in [0, 0.05) is 10.9 Å². The van der Waals surface area contributed by atoms with Crippen molar-refractivity contribution in [2.45, 2.75) is 48.8 Å². The predicted octanol–water partition coefficient (Wildman–Crippen LogP) is 2.64. The Morgan fingerprint density at radius 2 is 1.86 bits per heavy atom. The van der Waals surface area contributed by atoms with Crippen LogP contribution >= 0.6 is 11.8 Å². The molecule has 21 heavy (non-hydrogen) atoms. The van der Waals surface area contributed by atoms with Crippen molar-refractivity contribution in [1.29, 1.82) is 0 Å². The Morgan fingerprint density at radius 3 is 2.48 bits per heavy atom. The summed E-state index contributed by atoms with van der Waals surface area (Å²) in [6.07, 6.45) is 4.23. The van der Waals surface area contributed by atoms with E-state index in [1.807, 2.05) is 0 Å². The molecule has 0 radical (unpaired) electrons. The van der Waals surface area contributed by atoms with E-state index in [9.17, 15) is 14.7 Å². The smallest absolute Gasteiger partial charge is 0.321 e. The fraction of sp³-hybridized carbons (Fsp3) is 0.467. The second kappa shape index (κ2) is 7.36. The van der Waals surface area contributed by atoms with Crippen LogP contribution in [0.25, 0.3) is 0 Å². The summed E-state index contributed by atoms with van der Waals surface area (Å²) in [5, 5.41) is 14.0. The molecule has 0 spiro atoms. The van der Waals surface area contributed by atoms with Crippen LogP contribution < -0.4 is 10.6 Å². The molecule has 5 nitrogen and oxygen atoms in total. The minimum Gasteiger partial charge on any atom is -0.508 e. The topological polar surface area (TPSA) is 78.4 Å². The summed E-state index contributed by atoms with van der Waals surface area (Å²) in [6.45, 7) is 1.75. The molecule has 0 unspecified atom stereocenters. The SMILES string of the molecule is C[C@@H](Sc1ccc(O)cc1)C(=O)NC(=O)NC1CCCC1. The molecule has 1 fully saturated rings. The molecule has 0 bridgehead atoms. The van der Waals surface area contributed by atoms with E-state index in [1.54, 1.807) is 31.2 Å². The number of thioether (sulfide) groups is 1. The first-order valence-electron chi connectivity index (χ1n) is 7.11. The molecule has 2 rings (SSSR count). The number of nitrogens with one attached hydrogen (secondary N) is 2. The monoisotopic (exact) mass is 308 g/mol. The Balaban J connectivity index is 1.78. The van der Waals surface area contributed by atoms with Gasteiger partial charge >= 0.3 is 6.03 Å². The maximum atomic E-state index is 12.0. The lowest BCUT2D eigenvalue weighted by Crippen LogP contribution is -2.45. The summed E-state index contributed by atoms with van der Waals surface area (Å²) >= 11 is 1.34. The van der Waals surface area contributed by atoms with Gasteiger partial charge in [-0.15, -0.1) is 11.8 Å². The van der Waals surface area contributed by atoms with Crippen LogP contribution in [0.15, 0.2) is 29.2 Å². The predicted molar refractivity (Wildman–Crippen MR) is 82.4 cm³/mol. The zero-order chi connectivity index (χ0) is 15.2. The lowest BCUT2D eigenvalue weighted by molar-refractivity contribution is -0.119. The lowest BCUT2D eigenvalue weighted by atomic mass is 10.2. The molecule has 1 aromatic rings. The molecule has 3 N–H and O–H groups in total. The van der Waals surface area contributed by atoms with Crippen LogP contribution in [0.5, 0.6) is 5.75 Å².